The van der Waals surface area contributed by atoms with Crippen molar-refractivity contribution in [1.29, 1.82) is 0 Å². The molecule has 2 rings (SSSR count). The number of rotatable bonds is 4. The van der Waals surface area contributed by atoms with Crippen molar-refractivity contribution in [2.45, 2.75) is 20.0 Å². The van der Waals surface area contributed by atoms with E-state index in [1.807, 2.05) is 25.3 Å². The fourth-order valence-electron chi connectivity index (χ4n) is 1.56. The summed E-state index contributed by atoms with van der Waals surface area (Å²) in [5.74, 6) is 0.475. The molecule has 0 radical (unpaired) electrons. The van der Waals surface area contributed by atoms with E-state index in [2.05, 4.69) is 27.9 Å². The highest BCUT2D eigenvalue weighted by Crippen LogP contribution is 2.29. The van der Waals surface area contributed by atoms with Gasteiger partial charge in [-0.25, -0.2) is 0 Å². The lowest BCUT2D eigenvalue weighted by atomic mass is 10.2. The van der Waals surface area contributed by atoms with Gasteiger partial charge in [-0.15, -0.1) is 11.3 Å². The van der Waals surface area contributed by atoms with Crippen LogP contribution in [0.25, 0.3) is 0 Å². The number of hydrogen-bond donors (Lipinski definition) is 1. The van der Waals surface area contributed by atoms with Gasteiger partial charge in [0.1, 0.15) is 5.75 Å². The summed E-state index contributed by atoms with van der Waals surface area (Å²) in [6, 6.07) is 7.07. The average Bonchev–Trinajstić information content (AvgIpc) is 2.79. The quantitative estimate of drug-likeness (QED) is 0.702. The fourth-order valence-corrected chi connectivity index (χ4v) is 3.11. The van der Waals surface area contributed by atoms with Crippen molar-refractivity contribution in [3.63, 3.8) is 0 Å². The lowest BCUT2D eigenvalue weighted by molar-refractivity contribution is 0.102. The van der Waals surface area contributed by atoms with E-state index in [0.717, 1.165) is 2.88 Å². The van der Waals surface area contributed by atoms with Gasteiger partial charge in [-0.1, -0.05) is 11.6 Å². The highest BCUT2D eigenvalue weighted by atomic mass is 127. The minimum Gasteiger partial charge on any atom is -0.489 e. The summed E-state index contributed by atoms with van der Waals surface area (Å²) < 4.78 is 6.62. The zero-order valence-electron chi connectivity index (χ0n) is 10.9. The van der Waals surface area contributed by atoms with Crippen LogP contribution in [0.2, 0.25) is 5.02 Å². The molecule has 106 valence electrons. The van der Waals surface area contributed by atoms with Crippen LogP contribution in [0.15, 0.2) is 29.6 Å². The first-order chi connectivity index (χ1) is 9.45. The Kier molecular flexibility index (Phi) is 5.29. The Morgan fingerprint density at radius 3 is 2.70 bits per heavy atom. The second kappa shape index (κ2) is 6.78. The maximum absolute atomic E-state index is 12.0. The highest BCUT2D eigenvalue weighted by molar-refractivity contribution is 14.1. The van der Waals surface area contributed by atoms with Gasteiger partial charge in [0.2, 0.25) is 0 Å². The molecule has 1 aromatic heterocycles. The van der Waals surface area contributed by atoms with Crippen molar-refractivity contribution in [3.8, 4) is 5.75 Å². The molecule has 0 bridgehead atoms. The highest BCUT2D eigenvalue weighted by Gasteiger charge is 2.10. The lowest BCUT2D eigenvalue weighted by Gasteiger charge is -2.12. The average molecular weight is 422 g/mol. The number of halogens is 2. The molecule has 0 unspecified atom stereocenters. The molecule has 0 aliphatic heterocycles. The molecule has 0 aliphatic rings. The summed E-state index contributed by atoms with van der Waals surface area (Å²) >= 11 is 9.85. The zero-order chi connectivity index (χ0) is 14.7. The van der Waals surface area contributed by atoms with Gasteiger partial charge >= 0.3 is 0 Å². The Balaban J connectivity index is 2.10. The summed E-state index contributed by atoms with van der Waals surface area (Å²) in [6.07, 6.45) is 0.0563. The van der Waals surface area contributed by atoms with E-state index < -0.39 is 0 Å². The molecule has 1 aromatic carbocycles. The molecular weight excluding hydrogens is 409 g/mol. The van der Waals surface area contributed by atoms with Crippen LogP contribution in [-0.4, -0.2) is 12.0 Å². The molecule has 0 aliphatic carbocycles. The van der Waals surface area contributed by atoms with E-state index in [1.165, 1.54) is 11.3 Å². The van der Waals surface area contributed by atoms with E-state index in [0.29, 0.717) is 22.0 Å². The molecule has 0 saturated carbocycles. The summed E-state index contributed by atoms with van der Waals surface area (Å²) in [7, 11) is 0. The molecule has 1 N–H and O–H groups in total. The topological polar surface area (TPSA) is 38.3 Å². The number of benzene rings is 1. The summed E-state index contributed by atoms with van der Waals surface area (Å²) in [5.41, 5.74) is 1.30. The van der Waals surface area contributed by atoms with Gasteiger partial charge in [0.05, 0.1) is 19.6 Å². The molecule has 1 heterocycles. The van der Waals surface area contributed by atoms with Gasteiger partial charge in [0, 0.05) is 11.1 Å². The van der Waals surface area contributed by atoms with Crippen molar-refractivity contribution >= 4 is 57.1 Å². The van der Waals surface area contributed by atoms with Crippen LogP contribution in [0.3, 0.4) is 0 Å². The van der Waals surface area contributed by atoms with Gasteiger partial charge in [-0.3, -0.25) is 4.79 Å². The normalized spacial score (nSPS) is 10.7. The summed E-state index contributed by atoms with van der Waals surface area (Å²) in [4.78, 5) is 12.0. The number of thiophene rings is 1. The van der Waals surface area contributed by atoms with Crippen LogP contribution in [0.4, 0.5) is 5.69 Å². The molecule has 0 saturated heterocycles. The van der Waals surface area contributed by atoms with Crippen molar-refractivity contribution in [3.05, 3.63) is 43.1 Å². The molecular formula is C14H13ClINO2S. The van der Waals surface area contributed by atoms with Crippen LogP contribution in [0.5, 0.6) is 5.75 Å². The smallest absolute Gasteiger partial charge is 0.256 e. The molecule has 0 fully saturated rings. The molecule has 1 amide bonds. The van der Waals surface area contributed by atoms with Crippen LogP contribution in [0, 0.1) is 2.88 Å². The number of anilines is 1. The van der Waals surface area contributed by atoms with Crippen LogP contribution >= 0.6 is 45.5 Å². The van der Waals surface area contributed by atoms with Crippen LogP contribution in [0.1, 0.15) is 24.2 Å². The second-order valence-corrected chi connectivity index (χ2v) is 7.62. The van der Waals surface area contributed by atoms with Gasteiger partial charge in [-0.05, 0) is 60.7 Å². The first-order valence-corrected chi connectivity index (χ1v) is 8.31. The number of hydrogen-bond acceptors (Lipinski definition) is 3. The Bertz CT molecular complexity index is 627. The molecule has 20 heavy (non-hydrogen) atoms. The van der Waals surface area contributed by atoms with E-state index in [9.17, 15) is 4.79 Å². The third kappa shape index (κ3) is 4.10. The van der Waals surface area contributed by atoms with Crippen LogP contribution in [-0.2, 0) is 0 Å². The Morgan fingerprint density at radius 2 is 2.15 bits per heavy atom. The summed E-state index contributed by atoms with van der Waals surface area (Å²) in [6.45, 7) is 3.87. The molecule has 2 aromatic rings. The van der Waals surface area contributed by atoms with E-state index in [4.69, 9.17) is 16.3 Å². The monoisotopic (exact) mass is 421 g/mol. The van der Waals surface area contributed by atoms with E-state index in [-0.39, 0.29) is 12.0 Å². The number of carbonyl (C=O) groups is 1. The van der Waals surface area contributed by atoms with Crippen LogP contribution < -0.4 is 10.1 Å². The zero-order valence-corrected chi connectivity index (χ0v) is 14.7. The van der Waals surface area contributed by atoms with Gasteiger partial charge < -0.3 is 10.1 Å². The summed E-state index contributed by atoms with van der Waals surface area (Å²) in [5, 5.41) is 5.13. The molecule has 3 nitrogen and oxygen atoms in total. The van der Waals surface area contributed by atoms with Gasteiger partial charge in [-0.2, -0.15) is 0 Å². The third-order valence-electron chi connectivity index (χ3n) is 2.38. The largest absolute Gasteiger partial charge is 0.489 e. The first-order valence-electron chi connectivity index (χ1n) is 5.97. The predicted molar refractivity (Wildman–Crippen MR) is 92.2 cm³/mol. The minimum atomic E-state index is -0.141. The predicted octanol–water partition coefficient (Wildman–Crippen LogP) is 5.05. The lowest BCUT2D eigenvalue weighted by Crippen LogP contribution is -2.11. The number of ether oxygens (including phenoxy) is 1. The molecule has 0 atom stereocenters. The minimum absolute atomic E-state index is 0.0563. The third-order valence-corrected chi connectivity index (χ3v) is 4.47. The maximum atomic E-state index is 12.0. The molecule has 0 spiro atoms. The van der Waals surface area contributed by atoms with Crippen molar-refractivity contribution in [2.24, 2.45) is 0 Å². The van der Waals surface area contributed by atoms with Crippen molar-refractivity contribution < 1.29 is 9.53 Å². The first kappa shape index (κ1) is 15.6. The Morgan fingerprint density at radius 1 is 1.40 bits per heavy atom. The number of amides is 1. The fraction of sp³-hybridized carbons (Fsp3) is 0.214. The molecule has 6 heteroatoms. The van der Waals surface area contributed by atoms with Crippen molar-refractivity contribution in [1.82, 2.24) is 0 Å². The van der Waals surface area contributed by atoms with E-state index in [1.54, 1.807) is 18.2 Å². The van der Waals surface area contributed by atoms with Gasteiger partial charge in [0.15, 0.2) is 0 Å². The Hall–Kier alpha value is -0.790. The second-order valence-electron chi connectivity index (χ2n) is 4.41. The number of nitrogens with one attached hydrogen (secondary N) is 1. The SMILES string of the molecule is CC(C)Oc1ccc(NC(=O)c2csc(I)c2)cc1Cl. The van der Waals surface area contributed by atoms with Crippen molar-refractivity contribution in [2.75, 3.05) is 5.32 Å². The Labute approximate surface area is 140 Å². The number of carbonyl (C=O) groups excluding carboxylic acids is 1. The van der Waals surface area contributed by atoms with Gasteiger partial charge in [0.25, 0.3) is 5.91 Å². The maximum Gasteiger partial charge on any atom is 0.256 e. The van der Waals surface area contributed by atoms with E-state index >= 15 is 0 Å². The standard InChI is InChI=1S/C14H13ClINO2S/c1-8(2)19-12-4-3-10(6-11(12)15)17-14(18)9-5-13(16)20-7-9/h3-8H,1-2H3,(H,17,18).